The van der Waals surface area contributed by atoms with E-state index in [1.165, 1.54) is 17.6 Å². The second kappa shape index (κ2) is 11.8. The fourth-order valence-corrected chi connectivity index (χ4v) is 5.27. The lowest BCUT2D eigenvalue weighted by Crippen LogP contribution is -2.32. The quantitative estimate of drug-likeness (QED) is 0.236. The highest BCUT2D eigenvalue weighted by molar-refractivity contribution is 7.23. The van der Waals surface area contributed by atoms with Crippen LogP contribution >= 0.6 is 11.3 Å². The first-order valence-electron chi connectivity index (χ1n) is 13.1. The molecule has 0 aliphatic carbocycles. The molecule has 1 unspecified atom stereocenters. The maximum atomic E-state index is 12.7. The Labute approximate surface area is 235 Å². The number of carbonyl (C=O) groups excluding carboxylic acids is 2. The zero-order valence-corrected chi connectivity index (χ0v) is 23.3. The Hall–Kier alpha value is -4.38. The van der Waals surface area contributed by atoms with Gasteiger partial charge in [-0.1, -0.05) is 17.4 Å². The number of hydrogen-bond donors (Lipinski definition) is 1. The second-order valence-corrected chi connectivity index (χ2v) is 10.8. The van der Waals surface area contributed by atoms with Crippen LogP contribution in [0.25, 0.3) is 32.6 Å². The molecule has 0 fully saturated rings. The Morgan fingerprint density at radius 1 is 1.18 bits per heavy atom. The number of ether oxygens (including phenoxy) is 1. The first-order chi connectivity index (χ1) is 19.3. The SMILES string of the molecule is CCN=CC(=O)Nc1nc2cc(-c3cnc(C(C)(C)OC(=O)C4C=NCCC4)nc3)cc(-c3ccccn3)c2s1. The summed E-state index contributed by atoms with van der Waals surface area (Å²) in [5.41, 5.74) is 2.95. The van der Waals surface area contributed by atoms with Crippen molar-refractivity contribution < 1.29 is 14.3 Å². The van der Waals surface area contributed by atoms with Crippen LogP contribution in [-0.4, -0.2) is 57.3 Å². The number of amides is 1. The van der Waals surface area contributed by atoms with Crippen LogP contribution < -0.4 is 5.32 Å². The molecule has 10 nitrogen and oxygen atoms in total. The van der Waals surface area contributed by atoms with E-state index < -0.39 is 5.60 Å². The molecule has 0 bridgehead atoms. The van der Waals surface area contributed by atoms with Crippen molar-refractivity contribution in [3.05, 3.63) is 54.7 Å². The van der Waals surface area contributed by atoms with Gasteiger partial charge in [0.2, 0.25) is 0 Å². The summed E-state index contributed by atoms with van der Waals surface area (Å²) in [7, 11) is 0. The van der Waals surface area contributed by atoms with Crippen molar-refractivity contribution in [1.82, 2.24) is 19.9 Å². The lowest BCUT2D eigenvalue weighted by atomic mass is 10.0. The number of nitrogens with zero attached hydrogens (tertiary/aromatic N) is 6. The minimum absolute atomic E-state index is 0.320. The number of pyridine rings is 1. The van der Waals surface area contributed by atoms with Crippen LogP contribution in [0.4, 0.5) is 5.13 Å². The standard InChI is InChI=1S/C29H29N7O3S/c1-4-30-17-24(37)36-28-35-23-13-19(12-21(25(23)40-28)22-9-5-6-11-32-22)20-15-33-27(34-16-20)29(2,3)39-26(38)18-8-7-10-31-14-18/h5-6,9,11-18H,4,7-8,10H2,1-3H3,(H,35,36,37). The van der Waals surface area contributed by atoms with E-state index in [1.807, 2.05) is 37.3 Å². The number of aromatic nitrogens is 4. The topological polar surface area (TPSA) is 132 Å². The fourth-order valence-electron chi connectivity index (χ4n) is 4.30. The Bertz CT molecular complexity index is 1580. The van der Waals surface area contributed by atoms with Crippen molar-refractivity contribution >= 4 is 51.0 Å². The fraction of sp³-hybridized carbons (Fsp3) is 0.310. The molecule has 1 aliphatic rings. The summed E-state index contributed by atoms with van der Waals surface area (Å²) in [6.45, 7) is 6.69. The van der Waals surface area contributed by atoms with Crippen molar-refractivity contribution in [2.24, 2.45) is 15.9 Å². The first kappa shape index (κ1) is 27.2. The predicted molar refractivity (Wildman–Crippen MR) is 157 cm³/mol. The Kier molecular flexibility index (Phi) is 8.01. The van der Waals surface area contributed by atoms with Gasteiger partial charge < -0.3 is 4.74 Å². The van der Waals surface area contributed by atoms with Crippen LogP contribution in [-0.2, 0) is 19.9 Å². The van der Waals surface area contributed by atoms with Gasteiger partial charge >= 0.3 is 5.97 Å². The van der Waals surface area contributed by atoms with Gasteiger partial charge in [-0.3, -0.25) is 29.9 Å². The van der Waals surface area contributed by atoms with E-state index in [9.17, 15) is 9.59 Å². The Morgan fingerprint density at radius 3 is 2.70 bits per heavy atom. The molecule has 1 amide bonds. The van der Waals surface area contributed by atoms with Crippen LogP contribution in [0.1, 0.15) is 39.4 Å². The van der Waals surface area contributed by atoms with Crippen molar-refractivity contribution in [3.63, 3.8) is 0 Å². The van der Waals surface area contributed by atoms with Gasteiger partial charge in [-0.15, -0.1) is 0 Å². The van der Waals surface area contributed by atoms with E-state index in [1.54, 1.807) is 38.7 Å². The van der Waals surface area contributed by atoms with Gasteiger partial charge in [-0.25, -0.2) is 15.0 Å². The molecule has 4 aromatic rings. The van der Waals surface area contributed by atoms with E-state index in [4.69, 9.17) is 4.74 Å². The monoisotopic (exact) mass is 555 g/mol. The number of hydrogen-bond acceptors (Lipinski definition) is 10. The highest BCUT2D eigenvalue weighted by Crippen LogP contribution is 2.38. The van der Waals surface area contributed by atoms with E-state index in [0.29, 0.717) is 23.0 Å². The minimum atomic E-state index is -1.01. The number of nitrogens with one attached hydrogen (secondary N) is 1. The number of rotatable bonds is 8. The van der Waals surface area contributed by atoms with Crippen LogP contribution in [0.5, 0.6) is 0 Å². The highest BCUT2D eigenvalue weighted by atomic mass is 32.1. The highest BCUT2D eigenvalue weighted by Gasteiger charge is 2.32. The number of fused-ring (bicyclic) bond motifs is 1. The molecule has 0 saturated carbocycles. The van der Waals surface area contributed by atoms with Crippen LogP contribution in [0.15, 0.2) is 58.9 Å². The molecule has 3 aromatic heterocycles. The average molecular weight is 556 g/mol. The summed E-state index contributed by atoms with van der Waals surface area (Å²) >= 11 is 1.37. The number of aliphatic imine (C=N–C) groups is 2. The Morgan fingerprint density at radius 2 is 2.00 bits per heavy atom. The van der Waals surface area contributed by atoms with Crippen molar-refractivity contribution in [3.8, 4) is 22.4 Å². The molecule has 0 spiro atoms. The smallest absolute Gasteiger partial charge is 0.315 e. The molecule has 1 aliphatic heterocycles. The molecular weight excluding hydrogens is 526 g/mol. The average Bonchev–Trinajstić information content (AvgIpc) is 3.38. The van der Waals surface area contributed by atoms with E-state index in [-0.39, 0.29) is 17.8 Å². The molecular formula is C29H29N7O3S. The van der Waals surface area contributed by atoms with Crippen molar-refractivity contribution in [2.75, 3.05) is 18.4 Å². The largest absolute Gasteiger partial charge is 0.451 e. The van der Waals surface area contributed by atoms with E-state index in [2.05, 4.69) is 35.2 Å². The zero-order valence-electron chi connectivity index (χ0n) is 22.5. The molecule has 1 atom stereocenters. The van der Waals surface area contributed by atoms with Gasteiger partial charge in [0, 0.05) is 49.0 Å². The van der Waals surface area contributed by atoms with Crippen molar-refractivity contribution in [1.29, 1.82) is 0 Å². The molecule has 0 saturated heterocycles. The Balaban J connectivity index is 1.46. The summed E-state index contributed by atoms with van der Waals surface area (Å²) in [4.78, 5) is 51.4. The lowest BCUT2D eigenvalue weighted by molar-refractivity contribution is -0.161. The number of anilines is 1. The van der Waals surface area contributed by atoms with Crippen LogP contribution in [0.3, 0.4) is 0 Å². The second-order valence-electron chi connectivity index (χ2n) is 9.75. The van der Waals surface area contributed by atoms with E-state index in [0.717, 1.165) is 46.5 Å². The summed E-state index contributed by atoms with van der Waals surface area (Å²) in [6, 6.07) is 9.65. The lowest BCUT2D eigenvalue weighted by Gasteiger charge is -2.26. The molecule has 0 radical (unpaired) electrons. The maximum absolute atomic E-state index is 12.7. The van der Waals surface area contributed by atoms with Gasteiger partial charge in [0.25, 0.3) is 5.91 Å². The summed E-state index contributed by atoms with van der Waals surface area (Å²) < 4.78 is 6.68. The molecule has 5 rings (SSSR count). The molecule has 11 heteroatoms. The molecule has 40 heavy (non-hydrogen) atoms. The molecule has 1 aromatic carbocycles. The van der Waals surface area contributed by atoms with E-state index >= 15 is 0 Å². The first-order valence-corrected chi connectivity index (χ1v) is 13.9. The normalized spacial score (nSPS) is 15.4. The predicted octanol–water partition coefficient (Wildman–Crippen LogP) is 5.10. The van der Waals surface area contributed by atoms with Crippen molar-refractivity contribution in [2.45, 2.75) is 39.2 Å². The molecule has 4 heterocycles. The van der Waals surface area contributed by atoms with Gasteiger partial charge in [-0.05, 0) is 63.4 Å². The summed E-state index contributed by atoms with van der Waals surface area (Å²) in [6.07, 6.45) is 9.69. The number of thiazole rings is 1. The van der Waals surface area contributed by atoms with Crippen LogP contribution in [0.2, 0.25) is 0 Å². The third kappa shape index (κ3) is 6.09. The third-order valence-corrected chi connectivity index (χ3v) is 7.34. The maximum Gasteiger partial charge on any atom is 0.315 e. The number of carbonyl (C=O) groups is 2. The summed E-state index contributed by atoms with van der Waals surface area (Å²) in [5, 5.41) is 3.26. The molecule has 1 N–H and O–H groups in total. The van der Waals surface area contributed by atoms with Gasteiger partial charge in [0.15, 0.2) is 16.6 Å². The minimum Gasteiger partial charge on any atom is -0.451 e. The number of esters is 1. The third-order valence-electron chi connectivity index (χ3n) is 6.32. The zero-order chi connectivity index (χ0) is 28.1. The van der Waals surface area contributed by atoms with Gasteiger partial charge in [-0.2, -0.15) is 0 Å². The van der Waals surface area contributed by atoms with Gasteiger partial charge in [0.1, 0.15) is 0 Å². The summed E-state index contributed by atoms with van der Waals surface area (Å²) in [5.74, 6) is -0.589. The molecule has 204 valence electrons. The number of benzene rings is 1. The van der Waals surface area contributed by atoms with Crippen LogP contribution in [0, 0.1) is 5.92 Å². The van der Waals surface area contributed by atoms with Gasteiger partial charge in [0.05, 0.1) is 28.0 Å².